The van der Waals surface area contributed by atoms with Crippen molar-refractivity contribution >= 4 is 114 Å². The normalized spacial score (nSPS) is 21.2. The lowest BCUT2D eigenvalue weighted by atomic mass is 9.96. The number of aromatic nitrogens is 3. The quantitative estimate of drug-likeness (QED) is 0.00811. The van der Waals surface area contributed by atoms with Gasteiger partial charge in [-0.05, 0) is 43.9 Å². The molecule has 59 heteroatoms. The van der Waals surface area contributed by atoms with Crippen LogP contribution < -0.4 is 37.2 Å². The number of aryl methyl sites for hydroxylation is 2. The van der Waals surface area contributed by atoms with E-state index in [0.717, 1.165) is 62.3 Å². The minimum absolute atomic E-state index is 0.00740. The third kappa shape index (κ3) is 60.8. The molecule has 858 valence electrons. The molecule has 16 atom stereocenters. The molecule has 0 aromatic carbocycles. The lowest BCUT2D eigenvalue weighted by molar-refractivity contribution is -0.279. The Kier molecular flexibility index (Phi) is 68.7. The molecule has 1 aromatic heterocycles. The molecule has 16 unspecified atom stereocenters. The van der Waals surface area contributed by atoms with E-state index in [9.17, 15) is 81.6 Å². The summed E-state index contributed by atoms with van der Waals surface area (Å²) in [5.74, 6) is -9.87. The summed E-state index contributed by atoms with van der Waals surface area (Å²) in [6, 6.07) is -3.49. The fraction of sp³-hybridized carbons (Fsp3) is 0.802. The zero-order chi connectivity index (χ0) is 110. The molecule has 0 aliphatic carbocycles. The van der Waals surface area contributed by atoms with Crippen molar-refractivity contribution in [3.63, 3.8) is 0 Å². The highest BCUT2D eigenvalue weighted by atomic mass is 32.5. The number of ether oxygens (including phenoxy) is 27. The average molecular weight is 2200 g/mol. The van der Waals surface area contributed by atoms with E-state index in [1.54, 1.807) is 10.9 Å². The monoisotopic (exact) mass is 2200 g/mol. The Bertz CT molecular complexity index is 3900. The van der Waals surface area contributed by atoms with E-state index in [1.165, 1.54) is 20.8 Å². The number of amides is 7. The zero-order valence-corrected chi connectivity index (χ0v) is 88.7. The molecule has 7 amide bonds. The lowest BCUT2D eigenvalue weighted by Crippen LogP contribution is -2.66. The summed E-state index contributed by atoms with van der Waals surface area (Å²) in [5, 5.41) is 36.3. The van der Waals surface area contributed by atoms with Crippen molar-refractivity contribution in [2.24, 2.45) is 0 Å². The first kappa shape index (κ1) is 133. The highest BCUT2D eigenvalue weighted by Gasteiger charge is 2.55. The molecule has 9 N–H and O–H groups in total. The van der Waals surface area contributed by atoms with Crippen LogP contribution in [0.5, 0.6) is 0 Å². The Morgan fingerprint density at radius 3 is 0.947 bits per heavy atom. The predicted molar refractivity (Wildman–Crippen MR) is 511 cm³/mol. The Morgan fingerprint density at radius 1 is 0.353 bits per heavy atom. The van der Waals surface area contributed by atoms with Crippen LogP contribution >= 0.6 is 6.72 Å². The van der Waals surface area contributed by atoms with E-state index in [0.29, 0.717) is 50.8 Å². The summed E-state index contributed by atoms with van der Waals surface area (Å²) in [7, 11) is 0. The first-order chi connectivity index (χ1) is 71.7. The van der Waals surface area contributed by atoms with E-state index in [1.807, 2.05) is 0 Å². The fourth-order valence-electron chi connectivity index (χ4n) is 14.4. The highest BCUT2D eigenvalue weighted by Crippen LogP contribution is 2.42. The maximum atomic E-state index is 14.2. The van der Waals surface area contributed by atoms with Gasteiger partial charge in [0.1, 0.15) is 61.8 Å². The minimum Gasteiger partial charge on any atom is -0.463 e. The number of rotatable bonds is 83. The van der Waals surface area contributed by atoms with Crippen LogP contribution in [0.25, 0.3) is 0 Å². The highest BCUT2D eigenvalue weighted by molar-refractivity contribution is 8.07. The van der Waals surface area contributed by atoms with Gasteiger partial charge in [0.05, 0.1) is 191 Å². The fourth-order valence-corrected chi connectivity index (χ4v) is 15.1. The molecule has 0 radical (unpaired) electrons. The number of carbonyl (C=O) groups excluding carboxylic acids is 16. The van der Waals surface area contributed by atoms with Crippen LogP contribution in [-0.4, -0.2) is 442 Å². The zero-order valence-electron chi connectivity index (χ0n) is 87.0. The number of nitrogens with one attached hydrogen (secondary N) is 7. The van der Waals surface area contributed by atoms with Gasteiger partial charge in [-0.2, -0.15) is 4.67 Å². The Labute approximate surface area is 873 Å². The van der Waals surface area contributed by atoms with Gasteiger partial charge >= 0.3 is 60.4 Å². The predicted octanol–water partition coefficient (Wildman–Crippen LogP) is -2.52. The number of carbonyl (C=O) groups is 16. The molecule has 150 heavy (non-hydrogen) atoms. The van der Waals surface area contributed by atoms with Crippen LogP contribution in [-0.2, 0) is 239 Å². The van der Waals surface area contributed by atoms with Crippen LogP contribution in [0.1, 0.15) is 147 Å². The van der Waals surface area contributed by atoms with Crippen molar-refractivity contribution in [3.8, 4) is 0 Å². The molecular formula is C91H151N10O47PS. The largest absolute Gasteiger partial charge is 0.463 e. The SMILES string of the molecule is CC(=O)NC1C(OCCOCCOCCOCCNC(=O)CCOCC(COCCC(=O)NCCOCCOCCOCCOC2OC(COC(C)=O)C(OC(C)=O)C(OC(C)=O)C2NC(C)=O)(COCCC(=O)NCCOCCOCCOCCOC2OC(COC(C)=O)C(OC(C)=O)C(OC(C)=O)C2NC(C)=O)NC(=O)CCCCCn2cc(CCCCOP(O)(=S)OO)nn2)OC(COC(C)=O)C(OC(C)=O)C1OC(C)=O. The second-order valence-corrected chi connectivity index (χ2v) is 36.4. The summed E-state index contributed by atoms with van der Waals surface area (Å²) in [6.07, 6.45) is -10.5. The third-order valence-corrected chi connectivity index (χ3v) is 21.9. The Morgan fingerprint density at radius 2 is 0.653 bits per heavy atom. The smallest absolute Gasteiger partial charge is 0.352 e. The van der Waals surface area contributed by atoms with Crippen LogP contribution in [0.3, 0.4) is 0 Å². The molecule has 3 fully saturated rings. The molecule has 4 rings (SSSR count). The van der Waals surface area contributed by atoms with Crippen LogP contribution in [0.2, 0.25) is 0 Å². The van der Waals surface area contributed by atoms with E-state index < -0.39 is 219 Å². The van der Waals surface area contributed by atoms with Crippen LogP contribution in [0.4, 0.5) is 0 Å². The average Bonchev–Trinajstić information content (AvgIpc) is 0.971. The van der Waals surface area contributed by atoms with Crippen molar-refractivity contribution in [1.82, 2.24) is 52.2 Å². The summed E-state index contributed by atoms with van der Waals surface area (Å²) < 4.78 is 164. The third-order valence-electron chi connectivity index (χ3n) is 20.7. The summed E-state index contributed by atoms with van der Waals surface area (Å²) in [6.45, 7) is 10.1. The molecule has 0 saturated carbocycles. The first-order valence-corrected chi connectivity index (χ1v) is 51.6. The van der Waals surface area contributed by atoms with E-state index >= 15 is 0 Å². The van der Waals surface area contributed by atoms with Crippen molar-refractivity contribution in [2.75, 3.05) is 224 Å². The number of hydrogen-bond acceptors (Lipinski definition) is 49. The van der Waals surface area contributed by atoms with E-state index in [4.69, 9.17) is 138 Å². The summed E-state index contributed by atoms with van der Waals surface area (Å²) in [5.41, 5.74) is -0.780. The van der Waals surface area contributed by atoms with E-state index in [2.05, 4.69) is 64.0 Å². The molecule has 3 aliphatic rings. The van der Waals surface area contributed by atoms with Gasteiger partial charge in [0.2, 0.25) is 41.4 Å². The molecule has 57 nitrogen and oxygen atoms in total. The summed E-state index contributed by atoms with van der Waals surface area (Å²) in [4.78, 5) is 209. The summed E-state index contributed by atoms with van der Waals surface area (Å²) >= 11 is 4.64. The number of nitrogens with zero attached hydrogens (tertiary/aromatic N) is 3. The van der Waals surface area contributed by atoms with Gasteiger partial charge in [0, 0.05) is 141 Å². The maximum absolute atomic E-state index is 14.2. The molecule has 0 spiro atoms. The molecule has 1 aromatic rings. The molecule has 4 heterocycles. The Hall–Kier alpha value is -9.57. The van der Waals surface area contributed by atoms with Gasteiger partial charge in [-0.3, -0.25) is 81.4 Å². The Balaban J connectivity index is 1.33. The maximum Gasteiger partial charge on any atom is 0.352 e. The molecule has 0 bridgehead atoms. The number of esters is 9. The number of unbranched alkanes of at least 4 members (excludes halogenated alkanes) is 3. The van der Waals surface area contributed by atoms with Crippen LogP contribution in [0.15, 0.2) is 6.20 Å². The van der Waals surface area contributed by atoms with Crippen molar-refractivity contribution in [1.29, 1.82) is 0 Å². The van der Waals surface area contributed by atoms with Crippen LogP contribution in [0, 0.1) is 0 Å². The second-order valence-electron chi connectivity index (χ2n) is 33.7. The first-order valence-electron chi connectivity index (χ1n) is 49.0. The second kappa shape index (κ2) is 77.7. The van der Waals surface area contributed by atoms with E-state index in [-0.39, 0.29) is 230 Å². The van der Waals surface area contributed by atoms with Gasteiger partial charge in [-0.25, -0.2) is 5.26 Å². The number of hydrogen-bond donors (Lipinski definition) is 9. The molecule has 3 saturated heterocycles. The van der Waals surface area contributed by atoms with Gasteiger partial charge in [-0.1, -0.05) is 11.6 Å². The molecular weight excluding hydrogens is 2050 g/mol. The van der Waals surface area contributed by atoms with Gasteiger partial charge in [-0.15, -0.1) is 5.10 Å². The topological polar surface area (TPSA) is 696 Å². The van der Waals surface area contributed by atoms with Crippen molar-refractivity contribution < 1.29 is 224 Å². The standard InChI is InChI=1S/C91H151N10O47PS/c1-59(102)95-79-85(142-68(10)111)82(139-65(7)108)72(53-135-62(4)105)145-88(79)132-49-46-126-43-40-123-37-34-120-31-23-92-75(114)20-28-129-56-91(98-78(117)19-14-13-16-26-101-52-71(99-100-101)18-15-17-27-138-149(119,150)148-118,57-130-29-21-76(115)93-24-32-121-35-38-124-41-44-127-47-50-133-89-80(96-60(2)103)86(143-69(11)112)83(140-66(8)109)73(146-89)54-136-63(5)106)58-131-30-22-77(116)94-25-33-122-36-39-125-42-45-128-48-51-134-90-81(97-61(3)104)87(144-70(12)113)84(141-67(9)110)74(147-90)55-137-64(6)107/h52,72-74,79-90,118H,13-51,53-58H2,1-12H3,(H,92,114)(H,93,115)(H,94,116)(H,95,102)(H,96,103)(H,97,104)(H,98,117)(H,119,150). The van der Waals surface area contributed by atoms with Gasteiger partial charge in [0.15, 0.2) is 55.5 Å². The van der Waals surface area contributed by atoms with Gasteiger partial charge < -0.3 is 175 Å². The lowest BCUT2D eigenvalue weighted by Gasteiger charge is -2.44. The van der Waals surface area contributed by atoms with Crippen molar-refractivity contribution in [3.05, 3.63) is 11.9 Å². The van der Waals surface area contributed by atoms with Crippen molar-refractivity contribution in [2.45, 2.75) is 251 Å². The minimum atomic E-state index is -3.71. The molecule has 3 aliphatic heterocycles. The van der Waals surface area contributed by atoms with Gasteiger partial charge in [0.25, 0.3) is 0 Å².